The van der Waals surface area contributed by atoms with Gasteiger partial charge in [-0.3, -0.25) is 0 Å². The lowest BCUT2D eigenvalue weighted by Crippen LogP contribution is -2.32. The van der Waals surface area contributed by atoms with E-state index in [9.17, 15) is 8.42 Å². The molecule has 0 saturated carbocycles. The first-order valence-electron chi connectivity index (χ1n) is 6.29. The Kier molecular flexibility index (Phi) is 4.17. The lowest BCUT2D eigenvalue weighted by Gasteiger charge is -2.32. The minimum atomic E-state index is -3.20. The SMILES string of the molecule is C[C@@]1(c2ncc(CNS(C)(=O)=O)cn2)CCCCO1. The summed E-state index contributed by atoms with van der Waals surface area (Å²) in [6.45, 7) is 2.93. The van der Waals surface area contributed by atoms with Gasteiger partial charge in [0.15, 0.2) is 5.82 Å². The van der Waals surface area contributed by atoms with Gasteiger partial charge in [-0.05, 0) is 26.2 Å². The molecule has 0 bridgehead atoms. The monoisotopic (exact) mass is 285 g/mol. The fourth-order valence-electron chi connectivity index (χ4n) is 2.04. The van der Waals surface area contributed by atoms with Crippen molar-refractivity contribution in [2.45, 2.75) is 38.3 Å². The highest BCUT2D eigenvalue weighted by atomic mass is 32.2. The summed E-state index contributed by atoms with van der Waals surface area (Å²) >= 11 is 0. The molecule has 106 valence electrons. The highest BCUT2D eigenvalue weighted by molar-refractivity contribution is 7.88. The number of sulfonamides is 1. The number of nitrogens with zero attached hydrogens (tertiary/aromatic N) is 2. The van der Waals surface area contributed by atoms with Crippen LogP contribution in [-0.2, 0) is 26.9 Å². The number of hydrogen-bond acceptors (Lipinski definition) is 5. The lowest BCUT2D eigenvalue weighted by atomic mass is 9.95. The quantitative estimate of drug-likeness (QED) is 0.890. The maximum Gasteiger partial charge on any atom is 0.209 e. The third-order valence-electron chi connectivity index (χ3n) is 3.19. The highest BCUT2D eigenvalue weighted by Crippen LogP contribution is 2.32. The molecule has 0 aromatic carbocycles. The van der Waals surface area contributed by atoms with E-state index >= 15 is 0 Å². The minimum absolute atomic E-state index is 0.205. The van der Waals surface area contributed by atoms with Gasteiger partial charge < -0.3 is 4.74 Å². The molecule has 1 atom stereocenters. The Morgan fingerprint density at radius 2 is 2.05 bits per heavy atom. The molecule has 2 rings (SSSR count). The first-order valence-corrected chi connectivity index (χ1v) is 8.18. The van der Waals surface area contributed by atoms with Gasteiger partial charge in [-0.15, -0.1) is 0 Å². The van der Waals surface area contributed by atoms with Gasteiger partial charge >= 0.3 is 0 Å². The molecule has 1 fully saturated rings. The first-order chi connectivity index (χ1) is 8.89. The van der Waals surface area contributed by atoms with E-state index < -0.39 is 15.6 Å². The Morgan fingerprint density at radius 3 is 2.58 bits per heavy atom. The lowest BCUT2D eigenvalue weighted by molar-refractivity contribution is -0.0760. The summed E-state index contributed by atoms with van der Waals surface area (Å²) in [4.78, 5) is 8.61. The van der Waals surface area contributed by atoms with Gasteiger partial charge in [-0.2, -0.15) is 0 Å². The molecular weight excluding hydrogens is 266 g/mol. The van der Waals surface area contributed by atoms with Crippen LogP contribution in [0.5, 0.6) is 0 Å². The predicted octanol–water partition coefficient (Wildman–Crippen LogP) is 0.941. The van der Waals surface area contributed by atoms with Crippen LogP contribution in [0.25, 0.3) is 0 Å². The van der Waals surface area contributed by atoms with E-state index in [2.05, 4.69) is 14.7 Å². The van der Waals surface area contributed by atoms with Crippen LogP contribution in [-0.4, -0.2) is 31.2 Å². The molecule has 7 heteroatoms. The van der Waals surface area contributed by atoms with Crippen molar-refractivity contribution in [1.82, 2.24) is 14.7 Å². The van der Waals surface area contributed by atoms with Gasteiger partial charge in [0.2, 0.25) is 10.0 Å². The van der Waals surface area contributed by atoms with Crippen LogP contribution >= 0.6 is 0 Å². The Balaban J connectivity index is 2.05. The van der Waals surface area contributed by atoms with Crippen LogP contribution in [0.3, 0.4) is 0 Å². The van der Waals surface area contributed by atoms with E-state index in [0.29, 0.717) is 5.82 Å². The van der Waals surface area contributed by atoms with E-state index in [-0.39, 0.29) is 6.54 Å². The van der Waals surface area contributed by atoms with Gasteiger partial charge in [0.1, 0.15) is 5.60 Å². The van der Waals surface area contributed by atoms with Gasteiger partial charge in [0, 0.05) is 31.1 Å². The standard InChI is InChI=1S/C12H19N3O3S/c1-12(5-3-4-6-18-12)11-13-7-10(8-14-11)9-15-19(2,16)17/h7-8,15H,3-6,9H2,1-2H3/t12-/m0/s1. The van der Waals surface area contributed by atoms with Crippen molar-refractivity contribution in [2.75, 3.05) is 12.9 Å². The molecule has 2 heterocycles. The Hall–Kier alpha value is -1.05. The van der Waals surface area contributed by atoms with Crippen LogP contribution < -0.4 is 4.72 Å². The van der Waals surface area contributed by atoms with Crippen molar-refractivity contribution in [2.24, 2.45) is 0 Å². The van der Waals surface area contributed by atoms with E-state index in [4.69, 9.17) is 4.74 Å². The second kappa shape index (κ2) is 5.52. The summed E-state index contributed by atoms with van der Waals surface area (Å²) in [5, 5.41) is 0. The average molecular weight is 285 g/mol. The topological polar surface area (TPSA) is 81.2 Å². The summed E-state index contributed by atoms with van der Waals surface area (Å²) in [6.07, 6.45) is 7.50. The van der Waals surface area contributed by atoms with Crippen molar-refractivity contribution < 1.29 is 13.2 Å². The Morgan fingerprint density at radius 1 is 1.37 bits per heavy atom. The van der Waals surface area contributed by atoms with E-state index in [1.54, 1.807) is 12.4 Å². The van der Waals surface area contributed by atoms with E-state index in [1.807, 2.05) is 6.92 Å². The molecule has 0 amide bonds. The Bertz CT molecular complexity index is 522. The molecule has 0 aliphatic carbocycles. The summed E-state index contributed by atoms with van der Waals surface area (Å²) in [6, 6.07) is 0. The third-order valence-corrected chi connectivity index (χ3v) is 3.85. The molecule has 19 heavy (non-hydrogen) atoms. The molecule has 1 aliphatic heterocycles. The second-order valence-electron chi connectivity index (χ2n) is 5.04. The molecule has 1 N–H and O–H groups in total. The van der Waals surface area contributed by atoms with Crippen molar-refractivity contribution in [3.05, 3.63) is 23.8 Å². The molecule has 1 aromatic rings. The number of hydrogen-bond donors (Lipinski definition) is 1. The fraction of sp³-hybridized carbons (Fsp3) is 0.667. The average Bonchev–Trinajstić information content (AvgIpc) is 2.37. The zero-order valence-electron chi connectivity index (χ0n) is 11.2. The summed E-state index contributed by atoms with van der Waals surface area (Å²) in [7, 11) is -3.20. The van der Waals surface area contributed by atoms with E-state index in [1.165, 1.54) is 0 Å². The molecule has 1 saturated heterocycles. The van der Waals surface area contributed by atoms with Crippen LogP contribution in [0, 0.1) is 0 Å². The Labute approximate surface area is 113 Å². The van der Waals surface area contributed by atoms with E-state index in [0.717, 1.165) is 37.7 Å². The normalized spacial score (nSPS) is 24.3. The zero-order valence-corrected chi connectivity index (χ0v) is 12.0. The van der Waals surface area contributed by atoms with Gasteiger partial charge in [0.05, 0.1) is 6.26 Å². The predicted molar refractivity (Wildman–Crippen MR) is 70.9 cm³/mol. The van der Waals surface area contributed by atoms with Crippen molar-refractivity contribution in [3.8, 4) is 0 Å². The van der Waals surface area contributed by atoms with Crippen LogP contribution in [0.2, 0.25) is 0 Å². The van der Waals surface area contributed by atoms with Crippen LogP contribution in [0.15, 0.2) is 12.4 Å². The second-order valence-corrected chi connectivity index (χ2v) is 6.88. The molecule has 1 aliphatic rings. The first kappa shape index (κ1) is 14.4. The van der Waals surface area contributed by atoms with Gasteiger partial charge in [0.25, 0.3) is 0 Å². The summed E-state index contributed by atoms with van der Waals surface area (Å²) in [5.74, 6) is 0.662. The summed E-state index contributed by atoms with van der Waals surface area (Å²) < 4.78 is 30.2. The molecule has 0 unspecified atom stereocenters. The van der Waals surface area contributed by atoms with Gasteiger partial charge in [-0.1, -0.05) is 0 Å². The number of aromatic nitrogens is 2. The summed E-state index contributed by atoms with van der Waals surface area (Å²) in [5.41, 5.74) is 0.315. The molecule has 0 spiro atoms. The molecule has 6 nitrogen and oxygen atoms in total. The molecular formula is C12H19N3O3S. The van der Waals surface area contributed by atoms with Crippen molar-refractivity contribution in [1.29, 1.82) is 0 Å². The van der Waals surface area contributed by atoms with Gasteiger partial charge in [-0.25, -0.2) is 23.1 Å². The third kappa shape index (κ3) is 3.95. The number of ether oxygens (including phenoxy) is 1. The highest BCUT2D eigenvalue weighted by Gasteiger charge is 2.32. The zero-order chi connectivity index (χ0) is 13.9. The van der Waals surface area contributed by atoms with Crippen molar-refractivity contribution >= 4 is 10.0 Å². The molecule has 0 radical (unpaired) electrons. The molecule has 1 aromatic heterocycles. The maximum atomic E-state index is 11.0. The number of nitrogens with one attached hydrogen (secondary N) is 1. The largest absolute Gasteiger partial charge is 0.367 e. The minimum Gasteiger partial charge on any atom is -0.367 e. The smallest absolute Gasteiger partial charge is 0.209 e. The van der Waals surface area contributed by atoms with Crippen LogP contribution in [0.1, 0.15) is 37.6 Å². The maximum absolute atomic E-state index is 11.0. The van der Waals surface area contributed by atoms with Crippen LogP contribution in [0.4, 0.5) is 0 Å². The fourth-order valence-corrected chi connectivity index (χ4v) is 2.47. The van der Waals surface area contributed by atoms with Crippen molar-refractivity contribution in [3.63, 3.8) is 0 Å². The number of rotatable bonds is 4.